The average Bonchev–Trinajstić information content (AvgIpc) is 3.19. The zero-order chi connectivity index (χ0) is 27.8. The summed E-state index contributed by atoms with van der Waals surface area (Å²) in [5, 5.41) is 2.48. The number of thioether (sulfide) groups is 1. The van der Waals surface area contributed by atoms with Gasteiger partial charge in [0.1, 0.15) is 23.2 Å². The molecule has 5 rings (SSSR count). The highest BCUT2D eigenvalue weighted by Gasteiger charge is 2.65. The van der Waals surface area contributed by atoms with Crippen LogP contribution < -0.4 is 10.1 Å². The predicted octanol–water partition coefficient (Wildman–Crippen LogP) is 4.72. The van der Waals surface area contributed by atoms with Gasteiger partial charge in [0.25, 0.3) is 5.91 Å². The second-order valence-electron chi connectivity index (χ2n) is 10.8. The molecule has 0 bridgehead atoms. The molecule has 2 aliphatic rings. The van der Waals surface area contributed by atoms with Gasteiger partial charge in [-0.3, -0.25) is 9.59 Å². The molecule has 2 saturated heterocycles. The minimum atomic E-state index is -1.20. The summed E-state index contributed by atoms with van der Waals surface area (Å²) in [5.41, 5.74) is 0.494. The minimum absolute atomic E-state index is 0.306. The number of fused-ring (bicyclic) bond motifs is 1. The number of para-hydroxylation sites is 1. The van der Waals surface area contributed by atoms with Crippen molar-refractivity contribution in [1.29, 1.82) is 0 Å². The second kappa shape index (κ2) is 10.4. The number of hydrogen-bond acceptors (Lipinski definition) is 6. The number of esters is 1. The lowest BCUT2D eigenvalue weighted by molar-refractivity contribution is -0.167. The predicted molar refractivity (Wildman–Crippen MR) is 150 cm³/mol. The highest BCUT2D eigenvalue weighted by atomic mass is 32.2. The Morgan fingerprint density at radius 3 is 1.95 bits per heavy atom. The number of benzene rings is 3. The number of nitrogens with one attached hydrogen (secondary N) is 1. The third-order valence-corrected chi connectivity index (χ3v) is 8.62. The standard InChI is InChI=1S/C31H32N2O5S/c1-30(2,38-22-18-12-7-13-19-22)29(36)32-23-26(34)33-25(31(3,4)39-27(23)33)28(35)37-24(20-14-8-5-9-15-20)21-16-10-6-11-17-21/h5-19,23-25,27H,1-4H3,(H,32,36)/t23?,25?,27-/m1/s1. The molecule has 39 heavy (non-hydrogen) atoms. The summed E-state index contributed by atoms with van der Waals surface area (Å²) in [7, 11) is 0. The number of rotatable bonds is 8. The van der Waals surface area contributed by atoms with E-state index in [4.69, 9.17) is 9.47 Å². The van der Waals surface area contributed by atoms with Crippen molar-refractivity contribution in [2.45, 2.75) is 61.6 Å². The van der Waals surface area contributed by atoms with Gasteiger partial charge < -0.3 is 19.7 Å². The van der Waals surface area contributed by atoms with Crippen molar-refractivity contribution >= 4 is 29.5 Å². The van der Waals surface area contributed by atoms with Crippen LogP contribution >= 0.6 is 11.8 Å². The SMILES string of the molecule is CC(C)(Oc1ccccc1)C(=O)NC1C(=O)N2C(C(=O)OC(c3ccccc3)c3ccccc3)C(C)(C)S[C@H]12. The first-order chi connectivity index (χ1) is 18.6. The maximum atomic E-state index is 13.7. The smallest absolute Gasteiger partial charge is 0.331 e. The van der Waals surface area contributed by atoms with E-state index in [1.807, 2.05) is 92.7 Å². The van der Waals surface area contributed by atoms with Crippen molar-refractivity contribution in [1.82, 2.24) is 10.2 Å². The van der Waals surface area contributed by atoms with E-state index < -0.39 is 40.4 Å². The number of amides is 2. The molecule has 0 saturated carbocycles. The Hall–Kier alpha value is -3.78. The van der Waals surface area contributed by atoms with Crippen LogP contribution in [0.25, 0.3) is 0 Å². The third kappa shape index (κ3) is 5.26. The van der Waals surface area contributed by atoms with E-state index in [-0.39, 0.29) is 11.3 Å². The highest BCUT2D eigenvalue weighted by Crippen LogP contribution is 2.51. The number of hydrogen-bond donors (Lipinski definition) is 1. The molecule has 2 aliphatic heterocycles. The normalized spacial score (nSPS) is 21.6. The lowest BCUT2D eigenvalue weighted by atomic mass is 9.95. The fourth-order valence-electron chi connectivity index (χ4n) is 5.04. The van der Waals surface area contributed by atoms with E-state index in [0.29, 0.717) is 5.75 Å². The van der Waals surface area contributed by atoms with Gasteiger partial charge in [0.05, 0.1) is 0 Å². The zero-order valence-electron chi connectivity index (χ0n) is 22.4. The van der Waals surface area contributed by atoms with E-state index in [0.717, 1.165) is 11.1 Å². The molecule has 2 amide bonds. The van der Waals surface area contributed by atoms with E-state index in [2.05, 4.69) is 5.32 Å². The van der Waals surface area contributed by atoms with Crippen molar-refractivity contribution < 1.29 is 23.9 Å². The molecule has 0 spiro atoms. The molecule has 202 valence electrons. The Labute approximate surface area is 232 Å². The number of carbonyl (C=O) groups is 3. The summed E-state index contributed by atoms with van der Waals surface area (Å²) >= 11 is 1.49. The lowest BCUT2D eigenvalue weighted by Crippen LogP contribution is -2.72. The van der Waals surface area contributed by atoms with Gasteiger partial charge in [-0.25, -0.2) is 4.79 Å². The Kier molecular flexibility index (Phi) is 7.16. The second-order valence-corrected chi connectivity index (χ2v) is 12.5. The van der Waals surface area contributed by atoms with Crippen molar-refractivity contribution in [2.75, 3.05) is 0 Å². The van der Waals surface area contributed by atoms with Gasteiger partial charge in [-0.2, -0.15) is 0 Å². The summed E-state index contributed by atoms with van der Waals surface area (Å²) in [6.07, 6.45) is -0.609. The Bertz CT molecular complexity index is 1310. The van der Waals surface area contributed by atoms with E-state index in [1.54, 1.807) is 30.9 Å². The summed E-state index contributed by atoms with van der Waals surface area (Å²) in [5.74, 6) is -0.620. The maximum absolute atomic E-state index is 13.7. The Morgan fingerprint density at radius 1 is 0.897 bits per heavy atom. The van der Waals surface area contributed by atoms with E-state index >= 15 is 0 Å². The molecule has 8 heteroatoms. The molecule has 2 unspecified atom stereocenters. The van der Waals surface area contributed by atoms with Crippen molar-refractivity contribution in [3.05, 3.63) is 102 Å². The van der Waals surface area contributed by atoms with Gasteiger partial charge in [0.15, 0.2) is 11.7 Å². The van der Waals surface area contributed by atoms with Gasteiger partial charge in [0, 0.05) is 4.75 Å². The quantitative estimate of drug-likeness (QED) is 0.326. The fraction of sp³-hybridized carbons (Fsp3) is 0.323. The van der Waals surface area contributed by atoms with Crippen LogP contribution in [0.4, 0.5) is 0 Å². The molecule has 1 N–H and O–H groups in total. The van der Waals surface area contributed by atoms with Gasteiger partial charge in [0.2, 0.25) is 5.91 Å². The van der Waals surface area contributed by atoms with Crippen LogP contribution in [0.2, 0.25) is 0 Å². The first kappa shape index (κ1) is 26.8. The van der Waals surface area contributed by atoms with E-state index in [9.17, 15) is 14.4 Å². The molecule has 2 fully saturated rings. The Morgan fingerprint density at radius 2 is 1.41 bits per heavy atom. The van der Waals surface area contributed by atoms with Gasteiger partial charge in [-0.15, -0.1) is 11.8 Å². The maximum Gasteiger partial charge on any atom is 0.331 e. The monoisotopic (exact) mass is 544 g/mol. The first-order valence-electron chi connectivity index (χ1n) is 12.9. The zero-order valence-corrected chi connectivity index (χ0v) is 23.2. The summed E-state index contributed by atoms with van der Waals surface area (Å²) < 4.78 is 11.4. The summed E-state index contributed by atoms with van der Waals surface area (Å²) in [4.78, 5) is 41.7. The van der Waals surface area contributed by atoms with Crippen LogP contribution in [-0.2, 0) is 19.1 Å². The van der Waals surface area contributed by atoms with Crippen molar-refractivity contribution in [2.24, 2.45) is 0 Å². The molecule has 3 aromatic rings. The van der Waals surface area contributed by atoms with Crippen LogP contribution in [0.5, 0.6) is 5.75 Å². The molecule has 3 atom stereocenters. The van der Waals surface area contributed by atoms with Gasteiger partial charge >= 0.3 is 5.97 Å². The molecule has 0 radical (unpaired) electrons. The van der Waals surface area contributed by atoms with Crippen LogP contribution in [0.1, 0.15) is 44.9 Å². The first-order valence-corrected chi connectivity index (χ1v) is 13.8. The minimum Gasteiger partial charge on any atom is -0.478 e. The molecule has 0 aliphatic carbocycles. The third-order valence-electron chi connectivity index (χ3n) is 7.05. The van der Waals surface area contributed by atoms with Crippen molar-refractivity contribution in [3.8, 4) is 5.75 Å². The fourth-order valence-corrected chi connectivity index (χ4v) is 6.66. The molecular formula is C31H32N2O5S. The number of β-lactam (4-membered cyclic amide) rings is 1. The lowest BCUT2D eigenvalue weighted by Gasteiger charge is -2.44. The molecular weight excluding hydrogens is 512 g/mol. The van der Waals surface area contributed by atoms with Gasteiger partial charge in [-0.1, -0.05) is 78.9 Å². The van der Waals surface area contributed by atoms with Crippen LogP contribution in [0.3, 0.4) is 0 Å². The molecule has 7 nitrogen and oxygen atoms in total. The average molecular weight is 545 g/mol. The number of ether oxygens (including phenoxy) is 2. The van der Waals surface area contributed by atoms with Crippen LogP contribution in [0.15, 0.2) is 91.0 Å². The Balaban J connectivity index is 1.31. The number of nitrogens with zero attached hydrogens (tertiary/aromatic N) is 1. The van der Waals surface area contributed by atoms with Gasteiger partial charge in [-0.05, 0) is 51.0 Å². The van der Waals surface area contributed by atoms with E-state index in [1.165, 1.54) is 11.8 Å². The largest absolute Gasteiger partial charge is 0.478 e. The topological polar surface area (TPSA) is 84.9 Å². The number of carbonyl (C=O) groups excluding carboxylic acids is 3. The molecule has 3 aromatic carbocycles. The highest BCUT2D eigenvalue weighted by molar-refractivity contribution is 8.01. The van der Waals surface area contributed by atoms with Crippen molar-refractivity contribution in [3.63, 3.8) is 0 Å². The summed E-state index contributed by atoms with van der Waals surface area (Å²) in [6.45, 7) is 7.18. The summed E-state index contributed by atoms with van der Waals surface area (Å²) in [6, 6.07) is 26.6. The molecule has 0 aromatic heterocycles. The van der Waals surface area contributed by atoms with Crippen LogP contribution in [-0.4, -0.2) is 50.5 Å². The van der Waals surface area contributed by atoms with Crippen LogP contribution in [0, 0.1) is 0 Å². The molecule has 2 heterocycles.